The molecule has 1 saturated heterocycles. The molecule has 218 valence electrons. The molecule has 0 bridgehead atoms. The maximum atomic E-state index is 13.5. The number of primary amides is 1. The van der Waals surface area contributed by atoms with Crippen molar-refractivity contribution < 1.29 is 38.9 Å². The van der Waals surface area contributed by atoms with Crippen LogP contribution >= 0.6 is 7.44 Å². The Balaban J connectivity index is 1.89. The van der Waals surface area contributed by atoms with Gasteiger partial charge in [0.25, 0.3) is 13.0 Å². The third-order valence-electron chi connectivity index (χ3n) is 5.72. The van der Waals surface area contributed by atoms with Crippen LogP contribution in [0.1, 0.15) is 53.0 Å². The van der Waals surface area contributed by atoms with Crippen LogP contribution in [0.25, 0.3) is 11.0 Å². The Bertz CT molecular complexity index is 1300. The van der Waals surface area contributed by atoms with E-state index >= 15 is 0 Å². The van der Waals surface area contributed by atoms with Gasteiger partial charge in [-0.1, -0.05) is 18.6 Å². The van der Waals surface area contributed by atoms with Crippen molar-refractivity contribution in [3.63, 3.8) is 0 Å². The van der Waals surface area contributed by atoms with Crippen LogP contribution in [0.3, 0.4) is 0 Å². The largest absolute Gasteiger partial charge is 0.479 e. The Morgan fingerprint density at radius 1 is 1.18 bits per heavy atom. The highest BCUT2D eigenvalue weighted by Gasteiger charge is 2.47. The molecule has 1 amide bonds. The van der Waals surface area contributed by atoms with Crippen molar-refractivity contribution in [1.82, 2.24) is 34.9 Å². The number of ether oxygens (including phenoxy) is 2. The fraction of sp³-hybridized carbons (Fsp3) is 0.714. The second-order valence-corrected chi connectivity index (χ2v) is 12.1. The highest BCUT2D eigenvalue weighted by Crippen LogP contribution is 2.44. The highest BCUT2D eigenvalue weighted by molar-refractivity contribution is 7.61. The second kappa shape index (κ2) is 12.2. The van der Waals surface area contributed by atoms with Gasteiger partial charge in [-0.3, -0.25) is 9.36 Å². The number of amides is 1. The average molecular weight is 575 g/mol. The van der Waals surface area contributed by atoms with Crippen molar-refractivity contribution in [2.24, 2.45) is 5.73 Å². The molecule has 3 heterocycles. The van der Waals surface area contributed by atoms with E-state index in [2.05, 4.69) is 25.6 Å². The lowest BCUT2D eigenvalue weighted by Crippen LogP contribution is -2.43. The van der Waals surface area contributed by atoms with E-state index in [-0.39, 0.29) is 23.1 Å². The number of rotatable bonds is 12. The topological polar surface area (TPSA) is 246 Å². The number of aryl methyl sites for hydroxylation is 1. The zero-order valence-corrected chi connectivity index (χ0v) is 23.1. The predicted octanol–water partition coefficient (Wildman–Crippen LogP) is -0.897. The molecule has 0 aromatic carbocycles. The van der Waals surface area contributed by atoms with Gasteiger partial charge < -0.3 is 30.5 Å². The minimum atomic E-state index is -3.87. The summed E-state index contributed by atoms with van der Waals surface area (Å²) < 4.78 is 25.9. The number of carbonyl (C=O) groups is 2. The first kappa shape index (κ1) is 30.7. The van der Waals surface area contributed by atoms with E-state index in [1.165, 1.54) is 0 Å². The molecule has 2 aromatic rings. The van der Waals surface area contributed by atoms with E-state index in [1.54, 1.807) is 27.7 Å². The monoisotopic (exact) mass is 574 g/mol. The number of carboxylic acid groups (broad SMARTS) is 1. The molecule has 3 rings (SSSR count). The third kappa shape index (κ3) is 6.35. The summed E-state index contributed by atoms with van der Waals surface area (Å²) in [5.41, 5.74) is 4.56. The van der Waals surface area contributed by atoms with E-state index in [9.17, 15) is 34.3 Å². The second-order valence-electron chi connectivity index (χ2n) is 9.78. The van der Waals surface area contributed by atoms with Crippen molar-refractivity contribution in [2.75, 3.05) is 6.61 Å². The summed E-state index contributed by atoms with van der Waals surface area (Å²) in [5, 5.41) is 48.3. The van der Waals surface area contributed by atoms with E-state index in [4.69, 9.17) is 15.2 Å². The molecule has 2 aromatic heterocycles. The number of hydrogen-bond donors (Lipinski definition) is 6. The Hall–Kier alpha value is -2.79. The van der Waals surface area contributed by atoms with Gasteiger partial charge in [0.1, 0.15) is 23.8 Å². The van der Waals surface area contributed by atoms with E-state index in [0.29, 0.717) is 27.9 Å². The maximum Gasteiger partial charge on any atom is 0.343 e. The lowest BCUT2D eigenvalue weighted by Gasteiger charge is -2.30. The number of hydrogen-bond acceptors (Lipinski definition) is 11. The summed E-state index contributed by atoms with van der Waals surface area (Å²) in [6, 6.07) is -1.76. The van der Waals surface area contributed by atoms with Crippen molar-refractivity contribution in [2.45, 2.75) is 89.9 Å². The van der Waals surface area contributed by atoms with Gasteiger partial charge in [-0.15, -0.1) is 5.10 Å². The van der Waals surface area contributed by atoms with Crippen molar-refractivity contribution >= 4 is 30.5 Å². The van der Waals surface area contributed by atoms with Crippen molar-refractivity contribution in [3.8, 4) is 0 Å². The smallest absolute Gasteiger partial charge is 0.343 e. The molecule has 5 atom stereocenters. The Labute approximate surface area is 223 Å². The molecule has 7 N–H and O–H groups in total. The fourth-order valence-electron chi connectivity index (χ4n) is 4.25. The zero-order chi connectivity index (χ0) is 29.2. The van der Waals surface area contributed by atoms with Gasteiger partial charge in [-0.05, 0) is 34.1 Å². The van der Waals surface area contributed by atoms with Crippen LogP contribution in [0.5, 0.6) is 0 Å². The first-order valence-corrected chi connectivity index (χ1v) is 14.2. The molecule has 0 aliphatic carbocycles. The molecular weight excluding hydrogens is 539 g/mol. The fourth-order valence-corrected chi connectivity index (χ4v) is 6.74. The summed E-state index contributed by atoms with van der Waals surface area (Å²) in [5.74, 6) is -3.39. The summed E-state index contributed by atoms with van der Waals surface area (Å²) >= 11 is 0. The van der Waals surface area contributed by atoms with Gasteiger partial charge >= 0.3 is 12.0 Å². The number of nitrogens with two attached hydrogens (primary N) is 1. The number of aromatic nitrogens is 5. The SMILES string of the molecule is CCCc1nn(C(N)=O)c2c(=O)n(C3OC(COC(C(=O)O)P(=O)(NC(C)C)NC(C)C)C(O)C3O)nnc12. The van der Waals surface area contributed by atoms with Gasteiger partial charge in [0.15, 0.2) is 11.7 Å². The Morgan fingerprint density at radius 3 is 2.31 bits per heavy atom. The lowest BCUT2D eigenvalue weighted by atomic mass is 10.1. The van der Waals surface area contributed by atoms with Gasteiger partial charge in [0.2, 0.25) is 5.85 Å². The molecule has 0 spiro atoms. The van der Waals surface area contributed by atoms with Crippen LogP contribution in [0.4, 0.5) is 4.79 Å². The van der Waals surface area contributed by atoms with Gasteiger partial charge in [-0.25, -0.2) is 19.8 Å². The van der Waals surface area contributed by atoms with Gasteiger partial charge in [0, 0.05) is 12.1 Å². The van der Waals surface area contributed by atoms with Gasteiger partial charge in [0.05, 0.1) is 12.3 Å². The number of carbonyl (C=O) groups excluding carboxylic acids is 1. The number of fused-ring (bicyclic) bond motifs is 1. The van der Waals surface area contributed by atoms with Crippen LogP contribution in [0.15, 0.2) is 4.79 Å². The molecule has 0 radical (unpaired) electrons. The summed E-state index contributed by atoms with van der Waals surface area (Å²) in [6.07, 6.45) is -5.28. The van der Waals surface area contributed by atoms with Crippen LogP contribution < -0.4 is 21.5 Å². The van der Waals surface area contributed by atoms with Crippen molar-refractivity contribution in [1.29, 1.82) is 0 Å². The number of aliphatic hydroxyl groups excluding tert-OH is 2. The first-order chi connectivity index (χ1) is 18.2. The Morgan fingerprint density at radius 2 is 1.79 bits per heavy atom. The van der Waals surface area contributed by atoms with Gasteiger partial charge in [-0.2, -0.15) is 14.5 Å². The van der Waals surface area contributed by atoms with E-state index in [0.717, 1.165) is 0 Å². The predicted molar refractivity (Wildman–Crippen MR) is 136 cm³/mol. The molecule has 5 unspecified atom stereocenters. The lowest BCUT2D eigenvalue weighted by molar-refractivity contribution is -0.148. The molecule has 1 aliphatic heterocycles. The summed E-state index contributed by atoms with van der Waals surface area (Å²) in [4.78, 5) is 37.2. The minimum absolute atomic E-state index is 0.0557. The summed E-state index contributed by atoms with van der Waals surface area (Å²) in [6.45, 7) is 7.99. The van der Waals surface area contributed by atoms with Crippen LogP contribution in [0, 0.1) is 0 Å². The maximum absolute atomic E-state index is 13.5. The minimum Gasteiger partial charge on any atom is -0.479 e. The highest BCUT2D eigenvalue weighted by atomic mass is 31.2. The number of nitrogens with one attached hydrogen (secondary N) is 2. The number of aliphatic carboxylic acids is 1. The van der Waals surface area contributed by atoms with Crippen molar-refractivity contribution in [3.05, 3.63) is 16.0 Å². The molecule has 17 nitrogen and oxygen atoms in total. The van der Waals surface area contributed by atoms with Crippen LogP contribution in [-0.4, -0.2) is 94.9 Å². The van der Waals surface area contributed by atoms with Crippen LogP contribution in [0.2, 0.25) is 0 Å². The standard InChI is InChI=1S/C21H35N8O9P/c1-6-7-11-13-14(28(24-11)21(22)35)17(32)29(27-23-13)18-16(31)15(30)12(38-18)8-37-20(19(33)34)39(36,25-9(2)3)26-10(4)5/h9-10,12,15-16,18,20,30-31H,6-8H2,1-5H3,(H2,22,35)(H,33,34)(H2,25,26,36). The number of carboxylic acids is 1. The number of nitrogens with zero attached hydrogens (tertiary/aromatic N) is 5. The average Bonchev–Trinajstić information content (AvgIpc) is 3.32. The molecule has 0 saturated carbocycles. The third-order valence-corrected chi connectivity index (χ3v) is 8.55. The van der Waals surface area contributed by atoms with Crippen LogP contribution in [-0.2, 0) is 25.3 Å². The molecule has 18 heteroatoms. The van der Waals surface area contributed by atoms with E-state index in [1.807, 2.05) is 6.92 Å². The molecule has 1 aliphatic rings. The van der Waals surface area contributed by atoms with E-state index < -0.39 is 62.0 Å². The summed E-state index contributed by atoms with van der Waals surface area (Å²) in [7, 11) is -3.87. The zero-order valence-electron chi connectivity index (χ0n) is 22.2. The molecular formula is C21H35N8O9P. The Kier molecular flexibility index (Phi) is 9.59. The molecule has 1 fully saturated rings. The number of aliphatic hydroxyl groups is 2. The molecule has 39 heavy (non-hydrogen) atoms. The quantitative estimate of drug-likeness (QED) is 0.168. The normalized spacial score (nSPS) is 22.7. The first-order valence-electron chi connectivity index (χ1n) is 12.4.